The molecule has 0 bridgehead atoms. The minimum Gasteiger partial charge on any atom is -0.291 e. The third-order valence-corrected chi connectivity index (χ3v) is 2.68. The van der Waals surface area contributed by atoms with Gasteiger partial charge in [0.25, 0.3) is 0 Å². The number of pyridine rings is 1. The van der Waals surface area contributed by atoms with Gasteiger partial charge in [-0.2, -0.15) is 0 Å². The van der Waals surface area contributed by atoms with Crippen LogP contribution in [0.25, 0.3) is 0 Å². The predicted octanol–water partition coefficient (Wildman–Crippen LogP) is 2.54. The molecule has 1 fully saturated rings. The van der Waals surface area contributed by atoms with Crippen LogP contribution in [0.2, 0.25) is 0 Å². The number of halogens is 1. The molecular weight excluding hydrogens is 230 g/mol. The van der Waals surface area contributed by atoms with E-state index in [0.29, 0.717) is 16.9 Å². The zero-order chi connectivity index (χ0) is 9.26. The summed E-state index contributed by atoms with van der Waals surface area (Å²) in [4.78, 5) is 15.6. The standard InChI is InChI=1S/C10H10BrNO/c11-6-10(13)9-3-1-2-8(12-9)7-4-5-7/h1-3,7H,4-6H2. The number of hydrogen-bond donors (Lipinski definition) is 0. The molecular formula is C10H10BrNO. The maximum Gasteiger partial charge on any atom is 0.191 e. The third-order valence-electron chi connectivity index (χ3n) is 2.17. The van der Waals surface area contributed by atoms with Crippen LogP contribution in [0.15, 0.2) is 18.2 Å². The molecule has 0 saturated heterocycles. The molecule has 1 aliphatic carbocycles. The van der Waals surface area contributed by atoms with Gasteiger partial charge in [-0.25, -0.2) is 4.98 Å². The van der Waals surface area contributed by atoms with Gasteiger partial charge in [-0.3, -0.25) is 4.79 Å². The molecule has 1 aromatic heterocycles. The van der Waals surface area contributed by atoms with E-state index in [2.05, 4.69) is 20.9 Å². The summed E-state index contributed by atoms with van der Waals surface area (Å²) in [5.74, 6) is 0.672. The summed E-state index contributed by atoms with van der Waals surface area (Å²) in [6.45, 7) is 0. The lowest BCUT2D eigenvalue weighted by Gasteiger charge is -1.99. The molecule has 0 unspecified atom stereocenters. The molecule has 0 amide bonds. The normalized spacial score (nSPS) is 15.8. The topological polar surface area (TPSA) is 30.0 Å². The van der Waals surface area contributed by atoms with Gasteiger partial charge in [0.1, 0.15) is 5.69 Å². The molecule has 0 aromatic carbocycles. The van der Waals surface area contributed by atoms with Crippen molar-refractivity contribution in [2.75, 3.05) is 5.33 Å². The molecule has 0 N–H and O–H groups in total. The Morgan fingerprint density at radius 2 is 2.31 bits per heavy atom. The fraction of sp³-hybridized carbons (Fsp3) is 0.400. The molecule has 1 saturated carbocycles. The van der Waals surface area contributed by atoms with Gasteiger partial charge in [-0.15, -0.1) is 0 Å². The Bertz CT molecular complexity index is 333. The molecule has 3 heteroatoms. The first-order valence-corrected chi connectivity index (χ1v) is 5.49. The van der Waals surface area contributed by atoms with Crippen molar-refractivity contribution < 1.29 is 4.79 Å². The Balaban J connectivity index is 2.26. The molecule has 0 aliphatic heterocycles. The maximum absolute atomic E-state index is 11.3. The van der Waals surface area contributed by atoms with E-state index in [1.54, 1.807) is 6.07 Å². The molecule has 1 heterocycles. The summed E-state index contributed by atoms with van der Waals surface area (Å²) in [6.07, 6.45) is 2.44. The van der Waals surface area contributed by atoms with Gasteiger partial charge >= 0.3 is 0 Å². The first-order chi connectivity index (χ1) is 6.31. The molecule has 1 aromatic rings. The number of Topliss-reactive ketones (excluding diaryl/α,β-unsaturated/α-hetero) is 1. The van der Waals surface area contributed by atoms with Crippen LogP contribution in [0, 0.1) is 0 Å². The van der Waals surface area contributed by atoms with E-state index in [1.165, 1.54) is 12.8 Å². The quantitative estimate of drug-likeness (QED) is 0.600. The number of ketones is 1. The molecule has 0 atom stereocenters. The van der Waals surface area contributed by atoms with Crippen molar-refractivity contribution in [3.63, 3.8) is 0 Å². The number of hydrogen-bond acceptors (Lipinski definition) is 2. The van der Waals surface area contributed by atoms with E-state index in [-0.39, 0.29) is 5.78 Å². The number of carbonyl (C=O) groups is 1. The third kappa shape index (κ3) is 1.97. The van der Waals surface area contributed by atoms with E-state index >= 15 is 0 Å². The van der Waals surface area contributed by atoms with Gasteiger partial charge in [-0.1, -0.05) is 22.0 Å². The van der Waals surface area contributed by atoms with Crippen LogP contribution in [0.1, 0.15) is 34.9 Å². The fourth-order valence-electron chi connectivity index (χ4n) is 1.28. The predicted molar refractivity (Wildman–Crippen MR) is 54.3 cm³/mol. The SMILES string of the molecule is O=C(CBr)c1cccc(C2CC2)n1. The lowest BCUT2D eigenvalue weighted by molar-refractivity contribution is 0.101. The molecule has 2 nitrogen and oxygen atoms in total. The fourth-order valence-corrected chi connectivity index (χ4v) is 1.57. The summed E-state index contributed by atoms with van der Waals surface area (Å²) in [5, 5.41) is 0.355. The van der Waals surface area contributed by atoms with Crippen molar-refractivity contribution in [2.45, 2.75) is 18.8 Å². The maximum atomic E-state index is 11.3. The highest BCUT2D eigenvalue weighted by Crippen LogP contribution is 2.38. The summed E-state index contributed by atoms with van der Waals surface area (Å²) < 4.78 is 0. The Morgan fingerprint density at radius 1 is 1.54 bits per heavy atom. The minimum absolute atomic E-state index is 0.0579. The summed E-state index contributed by atoms with van der Waals surface area (Å²) in [6, 6.07) is 5.69. The van der Waals surface area contributed by atoms with Gasteiger partial charge < -0.3 is 0 Å². The van der Waals surface area contributed by atoms with Crippen molar-refractivity contribution in [3.05, 3.63) is 29.6 Å². The second kappa shape index (κ2) is 3.58. The van der Waals surface area contributed by atoms with Gasteiger partial charge in [0.05, 0.1) is 5.33 Å². The lowest BCUT2D eigenvalue weighted by atomic mass is 10.2. The van der Waals surface area contributed by atoms with Gasteiger partial charge in [0, 0.05) is 11.6 Å². The van der Waals surface area contributed by atoms with E-state index in [9.17, 15) is 4.79 Å². The Hall–Kier alpha value is -0.700. The van der Waals surface area contributed by atoms with Crippen molar-refractivity contribution in [1.29, 1.82) is 0 Å². The Labute approximate surface area is 85.5 Å². The Morgan fingerprint density at radius 3 is 2.92 bits per heavy atom. The number of rotatable bonds is 3. The second-order valence-electron chi connectivity index (χ2n) is 3.28. The summed E-state index contributed by atoms with van der Waals surface area (Å²) >= 11 is 3.14. The Kier molecular flexibility index (Phi) is 2.44. The molecule has 2 rings (SSSR count). The van der Waals surface area contributed by atoms with E-state index in [0.717, 1.165) is 5.69 Å². The van der Waals surface area contributed by atoms with E-state index in [1.807, 2.05) is 12.1 Å². The molecule has 68 valence electrons. The zero-order valence-corrected chi connectivity index (χ0v) is 8.75. The monoisotopic (exact) mass is 239 g/mol. The van der Waals surface area contributed by atoms with Crippen LogP contribution in [0.4, 0.5) is 0 Å². The van der Waals surface area contributed by atoms with E-state index in [4.69, 9.17) is 0 Å². The van der Waals surface area contributed by atoms with Gasteiger partial charge in [0.15, 0.2) is 5.78 Å². The minimum atomic E-state index is 0.0579. The summed E-state index contributed by atoms with van der Waals surface area (Å²) in [5.41, 5.74) is 1.66. The number of aromatic nitrogens is 1. The van der Waals surface area contributed by atoms with Crippen LogP contribution >= 0.6 is 15.9 Å². The highest BCUT2D eigenvalue weighted by atomic mass is 79.9. The van der Waals surface area contributed by atoms with Crippen molar-refractivity contribution >= 4 is 21.7 Å². The summed E-state index contributed by atoms with van der Waals surface area (Å²) in [7, 11) is 0. The highest BCUT2D eigenvalue weighted by molar-refractivity contribution is 9.09. The van der Waals surface area contributed by atoms with Gasteiger partial charge in [0.2, 0.25) is 0 Å². The molecule has 1 aliphatic rings. The van der Waals surface area contributed by atoms with Crippen LogP contribution in [0.5, 0.6) is 0 Å². The van der Waals surface area contributed by atoms with Crippen LogP contribution in [0.3, 0.4) is 0 Å². The first kappa shape index (κ1) is 8.88. The number of carbonyl (C=O) groups excluding carboxylic acids is 1. The smallest absolute Gasteiger partial charge is 0.191 e. The molecule has 0 spiro atoms. The number of alkyl halides is 1. The molecule has 13 heavy (non-hydrogen) atoms. The van der Waals surface area contributed by atoms with Crippen molar-refractivity contribution in [2.24, 2.45) is 0 Å². The number of nitrogens with zero attached hydrogens (tertiary/aromatic N) is 1. The van der Waals surface area contributed by atoms with Crippen molar-refractivity contribution in [1.82, 2.24) is 4.98 Å². The zero-order valence-electron chi connectivity index (χ0n) is 7.16. The average molecular weight is 240 g/mol. The van der Waals surface area contributed by atoms with E-state index < -0.39 is 0 Å². The average Bonchev–Trinajstić information content (AvgIpc) is 3.00. The van der Waals surface area contributed by atoms with Gasteiger partial charge in [-0.05, 0) is 25.0 Å². The lowest BCUT2D eigenvalue weighted by Crippen LogP contribution is -2.04. The van der Waals surface area contributed by atoms with Crippen LogP contribution in [-0.4, -0.2) is 16.1 Å². The van der Waals surface area contributed by atoms with Crippen LogP contribution < -0.4 is 0 Å². The highest BCUT2D eigenvalue weighted by Gasteiger charge is 2.25. The molecule has 0 radical (unpaired) electrons. The first-order valence-electron chi connectivity index (χ1n) is 4.37. The van der Waals surface area contributed by atoms with Crippen molar-refractivity contribution in [3.8, 4) is 0 Å². The van der Waals surface area contributed by atoms with Crippen LogP contribution in [-0.2, 0) is 0 Å². The second-order valence-corrected chi connectivity index (χ2v) is 3.84. The largest absolute Gasteiger partial charge is 0.291 e.